The standard InChI is InChI=1S/C31H34N12O3/c1-4-34-26-25(18(3)32)40-43-24(15-17(2)39-43)28(45)37-31-36-21-16-19(27(33)44)11-12-23(21)42(31)14-8-7-13-41-22-10-6-5-9-20(22)35-30(41)38-29(26)46/h5-6,9-12,15-16,32,34,40H,4,7-8,13-14H2,1-3H3,(H2,33,44)(H,35,38,46)(H,36,37,45)/b26-25+,32-18?. The first-order valence-corrected chi connectivity index (χ1v) is 14.9. The second kappa shape index (κ2) is 12.2. The van der Waals surface area contributed by atoms with E-state index < -0.39 is 17.7 Å². The highest BCUT2D eigenvalue weighted by molar-refractivity contribution is 6.11. The van der Waals surface area contributed by atoms with Gasteiger partial charge in [-0.1, -0.05) is 12.1 Å². The van der Waals surface area contributed by atoms with Gasteiger partial charge < -0.3 is 25.6 Å². The van der Waals surface area contributed by atoms with E-state index in [1.807, 2.05) is 40.3 Å². The number of anilines is 2. The number of nitrogens with two attached hydrogens (primary N) is 1. The number of aryl methyl sites for hydroxylation is 3. The summed E-state index contributed by atoms with van der Waals surface area (Å²) in [6, 6.07) is 14.2. The number of hydrogen-bond donors (Lipinski definition) is 6. The van der Waals surface area contributed by atoms with E-state index in [-0.39, 0.29) is 28.7 Å². The number of carbonyl (C=O) groups is 3. The Hall–Kier alpha value is -5.99. The van der Waals surface area contributed by atoms with E-state index in [1.54, 1.807) is 31.2 Å². The lowest BCUT2D eigenvalue weighted by Gasteiger charge is -2.18. The van der Waals surface area contributed by atoms with Crippen LogP contribution in [0.2, 0.25) is 0 Å². The summed E-state index contributed by atoms with van der Waals surface area (Å²) in [5.74, 6) is -0.949. The van der Waals surface area contributed by atoms with Crippen molar-refractivity contribution in [1.82, 2.24) is 34.3 Å². The van der Waals surface area contributed by atoms with E-state index >= 15 is 0 Å². The molecule has 0 aliphatic carbocycles. The SMILES string of the molecule is CCN/C1=C(\C(C)=N)Nn2nc(C)cc2C(=O)Nc2nc3cc(C(N)=O)ccc3n2CCCCn2c(nc3ccccc32)NC1=O. The molecule has 1 aliphatic heterocycles. The van der Waals surface area contributed by atoms with E-state index in [1.165, 1.54) is 11.7 Å². The van der Waals surface area contributed by atoms with Crippen LogP contribution in [-0.2, 0) is 17.9 Å². The number of para-hydroxylation sites is 2. The molecule has 0 fully saturated rings. The van der Waals surface area contributed by atoms with Gasteiger partial charge in [0.2, 0.25) is 17.8 Å². The number of amides is 3. The average Bonchev–Trinajstić information content (AvgIpc) is 3.68. The topological polar surface area (TPSA) is 203 Å². The minimum atomic E-state index is -0.577. The summed E-state index contributed by atoms with van der Waals surface area (Å²) in [7, 11) is 0. The van der Waals surface area contributed by atoms with Gasteiger partial charge in [-0.25, -0.2) is 9.97 Å². The predicted octanol–water partition coefficient (Wildman–Crippen LogP) is 3.08. The predicted molar refractivity (Wildman–Crippen MR) is 174 cm³/mol. The highest BCUT2D eigenvalue weighted by atomic mass is 16.2. The molecule has 1 aliphatic rings. The van der Waals surface area contributed by atoms with Crippen LogP contribution in [0.4, 0.5) is 11.9 Å². The van der Waals surface area contributed by atoms with Crippen molar-refractivity contribution in [3.05, 3.63) is 76.9 Å². The Balaban J connectivity index is 1.50. The number of fused-ring (bicyclic) bond motifs is 7. The number of carbonyl (C=O) groups excluding carboxylic acids is 3. The van der Waals surface area contributed by atoms with Crippen LogP contribution < -0.4 is 27.1 Å². The van der Waals surface area contributed by atoms with Crippen molar-refractivity contribution in [2.75, 3.05) is 22.6 Å². The molecule has 46 heavy (non-hydrogen) atoms. The van der Waals surface area contributed by atoms with E-state index in [4.69, 9.17) is 16.1 Å². The number of nitrogens with zero attached hydrogens (tertiary/aromatic N) is 6. The van der Waals surface area contributed by atoms with Gasteiger partial charge in [-0.15, -0.1) is 0 Å². The molecule has 2 aromatic carbocycles. The third-order valence-electron chi connectivity index (χ3n) is 7.64. The van der Waals surface area contributed by atoms with Crippen LogP contribution >= 0.6 is 0 Å². The molecule has 15 heteroatoms. The van der Waals surface area contributed by atoms with Gasteiger partial charge in [-0.3, -0.25) is 30.4 Å². The van der Waals surface area contributed by atoms with Crippen molar-refractivity contribution < 1.29 is 14.4 Å². The molecule has 3 amide bonds. The maximum Gasteiger partial charge on any atom is 0.278 e. The molecule has 4 heterocycles. The van der Waals surface area contributed by atoms with Crippen LogP contribution in [0.5, 0.6) is 0 Å². The summed E-state index contributed by atoms with van der Waals surface area (Å²) >= 11 is 0. The smallest absolute Gasteiger partial charge is 0.278 e. The molecule has 7 N–H and O–H groups in total. The lowest BCUT2D eigenvalue weighted by atomic mass is 10.2. The van der Waals surface area contributed by atoms with Gasteiger partial charge in [0.25, 0.3) is 11.8 Å². The lowest BCUT2D eigenvalue weighted by Crippen LogP contribution is -2.35. The number of benzene rings is 2. The Kier molecular flexibility index (Phi) is 7.96. The van der Waals surface area contributed by atoms with E-state index in [2.05, 4.69) is 31.5 Å². The third-order valence-corrected chi connectivity index (χ3v) is 7.64. The van der Waals surface area contributed by atoms with E-state index in [0.29, 0.717) is 55.2 Å². The molecule has 6 rings (SSSR count). The first-order chi connectivity index (χ1) is 22.1. The minimum absolute atomic E-state index is 0.0316. The number of rotatable bonds is 4. The fourth-order valence-corrected chi connectivity index (χ4v) is 5.51. The number of aromatic nitrogens is 6. The maximum atomic E-state index is 13.8. The summed E-state index contributed by atoms with van der Waals surface area (Å²) in [5, 5.41) is 21.9. The summed E-state index contributed by atoms with van der Waals surface area (Å²) < 4.78 is 3.85. The molecule has 15 nitrogen and oxygen atoms in total. The molecule has 236 valence electrons. The summed E-state index contributed by atoms with van der Waals surface area (Å²) in [6.45, 7) is 6.52. The number of likely N-dealkylation sites (N-methyl/N-ethyl adjacent to an activating group) is 1. The zero-order valence-electron chi connectivity index (χ0n) is 25.6. The maximum absolute atomic E-state index is 13.8. The van der Waals surface area contributed by atoms with E-state index in [9.17, 15) is 14.4 Å². The Morgan fingerprint density at radius 2 is 1.61 bits per heavy atom. The van der Waals surface area contributed by atoms with Gasteiger partial charge in [0.05, 0.1) is 33.5 Å². The molecular weight excluding hydrogens is 588 g/mol. The number of allylic oxidation sites excluding steroid dienone is 1. The van der Waals surface area contributed by atoms with Crippen LogP contribution in [0.25, 0.3) is 22.1 Å². The Morgan fingerprint density at radius 1 is 0.957 bits per heavy atom. The van der Waals surface area contributed by atoms with E-state index in [0.717, 1.165) is 16.6 Å². The Morgan fingerprint density at radius 3 is 2.28 bits per heavy atom. The molecule has 0 unspecified atom stereocenters. The molecule has 5 aromatic rings. The fourth-order valence-electron chi connectivity index (χ4n) is 5.51. The van der Waals surface area contributed by atoms with Gasteiger partial charge in [0.1, 0.15) is 11.4 Å². The van der Waals surface area contributed by atoms with Crippen LogP contribution in [0.15, 0.2) is 59.9 Å². The summed E-state index contributed by atoms with van der Waals surface area (Å²) in [4.78, 5) is 50.0. The number of imidazole rings is 2. The van der Waals surface area contributed by atoms with Crippen molar-refractivity contribution in [1.29, 1.82) is 5.41 Å². The molecular formula is C31H34N12O3. The third kappa shape index (κ3) is 5.65. The van der Waals surface area contributed by atoms with Gasteiger partial charge in [-0.2, -0.15) is 9.89 Å². The van der Waals surface area contributed by atoms with Crippen molar-refractivity contribution in [3.8, 4) is 0 Å². The molecule has 0 bridgehead atoms. The van der Waals surface area contributed by atoms with Gasteiger partial charge in [0.15, 0.2) is 5.69 Å². The van der Waals surface area contributed by atoms with Crippen molar-refractivity contribution in [3.63, 3.8) is 0 Å². The summed E-state index contributed by atoms with van der Waals surface area (Å²) in [5.41, 5.74) is 12.5. The monoisotopic (exact) mass is 622 g/mol. The average molecular weight is 623 g/mol. The van der Waals surface area contributed by atoms with Crippen LogP contribution in [0.3, 0.4) is 0 Å². The molecule has 0 spiro atoms. The van der Waals surface area contributed by atoms with Crippen molar-refractivity contribution in [2.24, 2.45) is 5.73 Å². The van der Waals surface area contributed by atoms with Crippen LogP contribution in [0.1, 0.15) is 53.2 Å². The highest BCUT2D eigenvalue weighted by Crippen LogP contribution is 2.25. The Labute approximate surface area is 263 Å². The first kappa shape index (κ1) is 30.1. The highest BCUT2D eigenvalue weighted by Gasteiger charge is 2.24. The summed E-state index contributed by atoms with van der Waals surface area (Å²) in [6.07, 6.45) is 1.38. The van der Waals surface area contributed by atoms with Crippen LogP contribution in [-0.4, -0.2) is 59.0 Å². The zero-order chi connectivity index (χ0) is 32.5. The fraction of sp³-hybridized carbons (Fsp3) is 0.258. The molecule has 0 atom stereocenters. The quantitative estimate of drug-likeness (QED) is 0.164. The first-order valence-electron chi connectivity index (χ1n) is 14.9. The Bertz CT molecular complexity index is 2070. The van der Waals surface area contributed by atoms with Crippen molar-refractivity contribution >= 4 is 57.4 Å². The molecule has 3 aromatic heterocycles. The van der Waals surface area contributed by atoms with Gasteiger partial charge in [0, 0.05) is 25.2 Å². The lowest BCUT2D eigenvalue weighted by molar-refractivity contribution is -0.113. The minimum Gasteiger partial charge on any atom is -0.379 e. The molecule has 0 saturated heterocycles. The molecule has 0 radical (unpaired) electrons. The second-order valence-corrected chi connectivity index (χ2v) is 10.9. The number of nitrogens with one attached hydrogen (secondary N) is 5. The normalized spacial score (nSPS) is 16.1. The second-order valence-electron chi connectivity index (χ2n) is 10.9. The van der Waals surface area contributed by atoms with Crippen molar-refractivity contribution in [2.45, 2.75) is 46.7 Å². The number of hydrogen-bond acceptors (Lipinski definition) is 9. The van der Waals surface area contributed by atoms with Gasteiger partial charge >= 0.3 is 0 Å². The van der Waals surface area contributed by atoms with Crippen LogP contribution in [0, 0.1) is 12.3 Å². The number of primary amides is 1. The van der Waals surface area contributed by atoms with Gasteiger partial charge in [-0.05, 0) is 70.0 Å². The zero-order valence-corrected chi connectivity index (χ0v) is 25.6. The largest absolute Gasteiger partial charge is 0.379 e. The molecule has 0 saturated carbocycles.